The SMILES string of the molecule is O=C(O)CN(Cc1ccco1)CC1CC1. The van der Waals surface area contributed by atoms with E-state index in [0.29, 0.717) is 12.5 Å². The monoisotopic (exact) mass is 209 g/mol. The standard InChI is InChI=1S/C11H15NO3/c13-11(14)8-12(6-9-3-4-9)7-10-2-1-5-15-10/h1-2,5,9H,3-4,6-8H2,(H,13,14). The molecule has 1 aliphatic carbocycles. The summed E-state index contributed by atoms with van der Waals surface area (Å²) in [6.07, 6.45) is 4.08. The van der Waals surface area contributed by atoms with E-state index in [0.717, 1.165) is 12.3 Å². The quantitative estimate of drug-likeness (QED) is 0.772. The van der Waals surface area contributed by atoms with Crippen molar-refractivity contribution in [2.75, 3.05) is 13.1 Å². The zero-order chi connectivity index (χ0) is 10.7. The van der Waals surface area contributed by atoms with E-state index >= 15 is 0 Å². The van der Waals surface area contributed by atoms with E-state index in [1.807, 2.05) is 17.0 Å². The van der Waals surface area contributed by atoms with Crippen LogP contribution in [0.2, 0.25) is 0 Å². The Balaban J connectivity index is 1.88. The first kappa shape index (κ1) is 10.2. The van der Waals surface area contributed by atoms with Crippen LogP contribution in [-0.2, 0) is 11.3 Å². The van der Waals surface area contributed by atoms with Gasteiger partial charge in [-0.25, -0.2) is 0 Å². The van der Waals surface area contributed by atoms with Crippen molar-refractivity contribution in [1.82, 2.24) is 4.90 Å². The number of carboxylic acids is 1. The van der Waals surface area contributed by atoms with E-state index in [-0.39, 0.29) is 6.54 Å². The van der Waals surface area contributed by atoms with E-state index in [1.165, 1.54) is 12.8 Å². The molecule has 0 bridgehead atoms. The van der Waals surface area contributed by atoms with Crippen molar-refractivity contribution in [2.45, 2.75) is 19.4 Å². The maximum Gasteiger partial charge on any atom is 0.317 e. The van der Waals surface area contributed by atoms with Crippen LogP contribution in [0, 0.1) is 5.92 Å². The summed E-state index contributed by atoms with van der Waals surface area (Å²) in [4.78, 5) is 12.6. The van der Waals surface area contributed by atoms with Crippen LogP contribution in [0.25, 0.3) is 0 Å². The van der Waals surface area contributed by atoms with Gasteiger partial charge in [-0.2, -0.15) is 0 Å². The first-order valence-electron chi connectivity index (χ1n) is 5.20. The highest BCUT2D eigenvalue weighted by Gasteiger charge is 2.25. The number of hydrogen-bond acceptors (Lipinski definition) is 3. The van der Waals surface area contributed by atoms with Crippen molar-refractivity contribution < 1.29 is 14.3 Å². The second-order valence-electron chi connectivity index (χ2n) is 4.09. The third-order valence-corrected chi connectivity index (χ3v) is 2.53. The highest BCUT2D eigenvalue weighted by atomic mass is 16.4. The van der Waals surface area contributed by atoms with Gasteiger partial charge in [0.1, 0.15) is 5.76 Å². The van der Waals surface area contributed by atoms with Gasteiger partial charge in [-0.1, -0.05) is 0 Å². The molecule has 0 unspecified atom stereocenters. The van der Waals surface area contributed by atoms with Crippen LogP contribution in [0.5, 0.6) is 0 Å². The molecule has 1 aromatic heterocycles. The molecular weight excluding hydrogens is 194 g/mol. The minimum atomic E-state index is -0.776. The van der Waals surface area contributed by atoms with Crippen LogP contribution in [-0.4, -0.2) is 29.1 Å². The van der Waals surface area contributed by atoms with Gasteiger partial charge in [0.05, 0.1) is 19.4 Å². The topological polar surface area (TPSA) is 53.7 Å². The molecular formula is C11H15NO3. The first-order chi connectivity index (χ1) is 7.24. The molecule has 0 atom stereocenters. The number of rotatable bonds is 6. The summed E-state index contributed by atoms with van der Waals surface area (Å²) in [5.41, 5.74) is 0. The Kier molecular flexibility index (Phi) is 3.06. The Morgan fingerprint density at radius 3 is 2.93 bits per heavy atom. The van der Waals surface area contributed by atoms with Crippen molar-refractivity contribution in [3.05, 3.63) is 24.2 Å². The maximum absolute atomic E-state index is 10.7. The van der Waals surface area contributed by atoms with Crippen LogP contribution in [0.3, 0.4) is 0 Å². The summed E-state index contributed by atoms with van der Waals surface area (Å²) < 4.78 is 5.21. The molecule has 4 heteroatoms. The lowest BCUT2D eigenvalue weighted by atomic mass is 10.3. The van der Waals surface area contributed by atoms with Crippen LogP contribution < -0.4 is 0 Å². The van der Waals surface area contributed by atoms with Gasteiger partial charge in [0, 0.05) is 6.54 Å². The van der Waals surface area contributed by atoms with Crippen molar-refractivity contribution in [2.24, 2.45) is 5.92 Å². The molecule has 1 aliphatic rings. The molecule has 0 aromatic carbocycles. The van der Waals surface area contributed by atoms with Crippen LogP contribution in [0.1, 0.15) is 18.6 Å². The normalized spacial score (nSPS) is 15.8. The minimum Gasteiger partial charge on any atom is -0.480 e. The minimum absolute atomic E-state index is 0.0944. The van der Waals surface area contributed by atoms with Crippen molar-refractivity contribution in [3.63, 3.8) is 0 Å². The summed E-state index contributed by atoms with van der Waals surface area (Å²) in [6, 6.07) is 3.70. The average Bonchev–Trinajstić information content (AvgIpc) is 2.80. The molecule has 0 amide bonds. The summed E-state index contributed by atoms with van der Waals surface area (Å²) in [5, 5.41) is 8.77. The molecule has 1 saturated carbocycles. The van der Waals surface area contributed by atoms with Crippen molar-refractivity contribution in [3.8, 4) is 0 Å². The zero-order valence-corrected chi connectivity index (χ0v) is 8.56. The smallest absolute Gasteiger partial charge is 0.317 e. The third kappa shape index (κ3) is 3.40. The lowest BCUT2D eigenvalue weighted by Crippen LogP contribution is -2.31. The number of nitrogens with zero attached hydrogens (tertiary/aromatic N) is 1. The maximum atomic E-state index is 10.7. The Morgan fingerprint density at radius 1 is 1.60 bits per heavy atom. The third-order valence-electron chi connectivity index (χ3n) is 2.53. The van der Waals surface area contributed by atoms with Gasteiger partial charge in [0.15, 0.2) is 0 Å². The molecule has 1 fully saturated rings. The van der Waals surface area contributed by atoms with Crippen molar-refractivity contribution in [1.29, 1.82) is 0 Å². The number of carboxylic acid groups (broad SMARTS) is 1. The molecule has 1 aromatic rings. The van der Waals surface area contributed by atoms with Gasteiger partial charge < -0.3 is 9.52 Å². The van der Waals surface area contributed by atoms with Gasteiger partial charge in [-0.05, 0) is 30.9 Å². The van der Waals surface area contributed by atoms with E-state index < -0.39 is 5.97 Å². The summed E-state index contributed by atoms with van der Waals surface area (Å²) in [7, 11) is 0. The van der Waals surface area contributed by atoms with Crippen LogP contribution >= 0.6 is 0 Å². The summed E-state index contributed by atoms with van der Waals surface area (Å²) >= 11 is 0. The molecule has 0 radical (unpaired) electrons. The van der Waals surface area contributed by atoms with Crippen LogP contribution in [0.4, 0.5) is 0 Å². The van der Waals surface area contributed by atoms with Crippen LogP contribution in [0.15, 0.2) is 22.8 Å². The Hall–Kier alpha value is -1.29. The van der Waals surface area contributed by atoms with Gasteiger partial charge in [-0.15, -0.1) is 0 Å². The zero-order valence-electron chi connectivity index (χ0n) is 8.56. The molecule has 4 nitrogen and oxygen atoms in total. The lowest BCUT2D eigenvalue weighted by Gasteiger charge is -2.18. The fourth-order valence-electron chi connectivity index (χ4n) is 1.66. The predicted molar refractivity (Wildman–Crippen MR) is 54.3 cm³/mol. The van der Waals surface area contributed by atoms with Gasteiger partial charge in [0.2, 0.25) is 0 Å². The highest BCUT2D eigenvalue weighted by Crippen LogP contribution is 2.30. The number of hydrogen-bond donors (Lipinski definition) is 1. The molecule has 82 valence electrons. The van der Waals surface area contributed by atoms with Gasteiger partial charge >= 0.3 is 5.97 Å². The average molecular weight is 209 g/mol. The van der Waals surface area contributed by atoms with E-state index in [1.54, 1.807) is 6.26 Å². The molecule has 1 N–H and O–H groups in total. The molecule has 0 spiro atoms. The Bertz CT molecular complexity index is 317. The molecule has 1 heterocycles. The molecule has 0 aliphatic heterocycles. The predicted octanol–water partition coefficient (Wildman–Crippen LogP) is 1.58. The molecule has 0 saturated heterocycles. The number of aliphatic carboxylic acids is 1. The second-order valence-corrected chi connectivity index (χ2v) is 4.09. The van der Waals surface area contributed by atoms with Gasteiger partial charge in [0.25, 0.3) is 0 Å². The molecule has 2 rings (SSSR count). The fourth-order valence-corrected chi connectivity index (χ4v) is 1.66. The second kappa shape index (κ2) is 4.49. The largest absolute Gasteiger partial charge is 0.480 e. The lowest BCUT2D eigenvalue weighted by molar-refractivity contribution is -0.138. The summed E-state index contributed by atoms with van der Waals surface area (Å²) in [5.74, 6) is 0.749. The highest BCUT2D eigenvalue weighted by molar-refractivity contribution is 5.69. The van der Waals surface area contributed by atoms with Gasteiger partial charge in [-0.3, -0.25) is 9.69 Å². The fraction of sp³-hybridized carbons (Fsp3) is 0.545. The Labute approximate surface area is 88.5 Å². The number of furan rings is 1. The summed E-state index contributed by atoms with van der Waals surface area (Å²) in [6.45, 7) is 1.56. The van der Waals surface area contributed by atoms with Crippen molar-refractivity contribution >= 4 is 5.97 Å². The number of carbonyl (C=O) groups is 1. The Morgan fingerprint density at radius 2 is 2.40 bits per heavy atom. The molecule has 15 heavy (non-hydrogen) atoms. The van der Waals surface area contributed by atoms with E-state index in [4.69, 9.17) is 9.52 Å². The van der Waals surface area contributed by atoms with E-state index in [2.05, 4.69) is 0 Å². The first-order valence-corrected chi connectivity index (χ1v) is 5.20. The van der Waals surface area contributed by atoms with E-state index in [9.17, 15) is 4.79 Å².